The summed E-state index contributed by atoms with van der Waals surface area (Å²) in [4.78, 5) is 32.3. The molecule has 9 heteroatoms. The molecule has 3 heterocycles. The number of methoxy groups -OCH3 is 1. The number of nitrogens with zero attached hydrogens (tertiary/aromatic N) is 4. The van der Waals surface area contributed by atoms with Crippen LogP contribution in [0.5, 0.6) is 5.75 Å². The van der Waals surface area contributed by atoms with Gasteiger partial charge in [-0.2, -0.15) is 5.10 Å². The van der Waals surface area contributed by atoms with Crippen LogP contribution in [0, 0.1) is 0 Å². The van der Waals surface area contributed by atoms with Crippen LogP contribution in [0.25, 0.3) is 22.0 Å². The quantitative estimate of drug-likeness (QED) is 0.290. The number of fused-ring (bicyclic) bond motifs is 1. The SMILES string of the molecule is CCCC(C(=O)Cc1ccc2nn(C)cc2c1)n1cc(OC)c(-c2cc(Cl)ccc2C2=NOCC2)cc1=O. The molecule has 1 aliphatic heterocycles. The number of carbonyl (C=O) groups is 1. The topological polar surface area (TPSA) is 87.7 Å². The Bertz CT molecular complexity index is 1600. The maximum absolute atomic E-state index is 13.6. The van der Waals surface area contributed by atoms with Crippen LogP contribution in [0.4, 0.5) is 0 Å². The second-order valence-corrected chi connectivity index (χ2v) is 9.89. The first-order valence-corrected chi connectivity index (χ1v) is 13.0. The predicted octanol–water partition coefficient (Wildman–Crippen LogP) is 5.34. The normalized spacial score (nSPS) is 13.8. The Morgan fingerprint density at radius 3 is 2.71 bits per heavy atom. The Kier molecular flexibility index (Phi) is 7.33. The molecular formula is C29H29ClN4O4. The monoisotopic (exact) mass is 532 g/mol. The van der Waals surface area contributed by atoms with E-state index < -0.39 is 6.04 Å². The van der Waals surface area contributed by atoms with Crippen LogP contribution in [-0.2, 0) is 23.1 Å². The van der Waals surface area contributed by atoms with Crippen molar-refractivity contribution in [3.8, 4) is 16.9 Å². The van der Waals surface area contributed by atoms with Gasteiger partial charge in [-0.25, -0.2) is 0 Å². The summed E-state index contributed by atoms with van der Waals surface area (Å²) in [6, 6.07) is 12.2. The van der Waals surface area contributed by atoms with Gasteiger partial charge in [0, 0.05) is 53.7 Å². The van der Waals surface area contributed by atoms with E-state index in [1.165, 1.54) is 10.6 Å². The first-order chi connectivity index (χ1) is 18.4. The van der Waals surface area contributed by atoms with Gasteiger partial charge in [0.25, 0.3) is 5.56 Å². The highest BCUT2D eigenvalue weighted by molar-refractivity contribution is 6.31. The number of rotatable bonds is 9. The number of hydrogen-bond acceptors (Lipinski definition) is 6. The van der Waals surface area contributed by atoms with Gasteiger partial charge in [0.15, 0.2) is 5.78 Å². The van der Waals surface area contributed by atoms with Gasteiger partial charge in [0.2, 0.25) is 0 Å². The van der Waals surface area contributed by atoms with Crippen LogP contribution >= 0.6 is 11.6 Å². The van der Waals surface area contributed by atoms with Gasteiger partial charge in [-0.15, -0.1) is 0 Å². The van der Waals surface area contributed by atoms with Crippen molar-refractivity contribution < 1.29 is 14.4 Å². The Hall–Kier alpha value is -3.91. The van der Waals surface area contributed by atoms with Crippen LogP contribution < -0.4 is 10.3 Å². The lowest BCUT2D eigenvalue weighted by Crippen LogP contribution is -2.30. The van der Waals surface area contributed by atoms with Crippen molar-refractivity contribution in [2.45, 2.75) is 38.6 Å². The van der Waals surface area contributed by atoms with E-state index in [1.54, 1.807) is 30.1 Å². The number of aromatic nitrogens is 3. The molecule has 0 aliphatic carbocycles. The summed E-state index contributed by atoms with van der Waals surface area (Å²) >= 11 is 6.34. The van der Waals surface area contributed by atoms with Crippen molar-refractivity contribution in [1.82, 2.24) is 14.3 Å². The van der Waals surface area contributed by atoms with Gasteiger partial charge in [-0.1, -0.05) is 42.2 Å². The maximum Gasteiger partial charge on any atom is 0.252 e. The van der Waals surface area contributed by atoms with Gasteiger partial charge in [0.05, 0.1) is 30.6 Å². The molecule has 0 radical (unpaired) electrons. The van der Waals surface area contributed by atoms with Crippen molar-refractivity contribution in [2.24, 2.45) is 12.2 Å². The van der Waals surface area contributed by atoms with Crippen molar-refractivity contribution >= 4 is 34.0 Å². The molecule has 0 saturated carbocycles. The van der Waals surface area contributed by atoms with E-state index in [9.17, 15) is 9.59 Å². The fourth-order valence-electron chi connectivity index (χ4n) is 4.99. The zero-order valence-corrected chi connectivity index (χ0v) is 22.4. The van der Waals surface area contributed by atoms with Crippen LogP contribution in [0.15, 0.2) is 64.8 Å². The summed E-state index contributed by atoms with van der Waals surface area (Å²) in [7, 11) is 3.42. The zero-order chi connectivity index (χ0) is 26.8. The van der Waals surface area contributed by atoms with Gasteiger partial charge < -0.3 is 14.1 Å². The number of oxime groups is 1. The third kappa shape index (κ3) is 5.09. The lowest BCUT2D eigenvalue weighted by molar-refractivity contribution is -0.121. The smallest absolute Gasteiger partial charge is 0.252 e. The van der Waals surface area contributed by atoms with Crippen LogP contribution in [0.1, 0.15) is 43.4 Å². The molecule has 1 unspecified atom stereocenters. The molecule has 0 spiro atoms. The fourth-order valence-corrected chi connectivity index (χ4v) is 5.16. The minimum atomic E-state index is -0.619. The number of ether oxygens (including phenoxy) is 1. The lowest BCUT2D eigenvalue weighted by atomic mass is 9.95. The first-order valence-electron chi connectivity index (χ1n) is 12.6. The molecular weight excluding hydrogens is 504 g/mol. The summed E-state index contributed by atoms with van der Waals surface area (Å²) in [5, 5.41) is 10.1. The largest absolute Gasteiger partial charge is 0.495 e. The third-order valence-electron chi connectivity index (χ3n) is 6.78. The van der Waals surface area contributed by atoms with Crippen LogP contribution in [0.3, 0.4) is 0 Å². The van der Waals surface area contributed by atoms with E-state index in [0.717, 1.165) is 39.7 Å². The van der Waals surface area contributed by atoms with Crippen LogP contribution in [0.2, 0.25) is 5.02 Å². The Morgan fingerprint density at radius 1 is 1.13 bits per heavy atom. The fraction of sp³-hybridized carbons (Fsp3) is 0.310. The van der Waals surface area contributed by atoms with Crippen molar-refractivity contribution in [1.29, 1.82) is 0 Å². The third-order valence-corrected chi connectivity index (χ3v) is 7.02. The first kappa shape index (κ1) is 25.7. The van der Waals surface area contributed by atoms with Crippen molar-refractivity contribution in [3.05, 3.63) is 81.4 Å². The number of pyridine rings is 1. The van der Waals surface area contributed by atoms with Gasteiger partial charge in [-0.05, 0) is 41.8 Å². The summed E-state index contributed by atoms with van der Waals surface area (Å²) in [5.41, 5.74) is 4.40. The minimum absolute atomic E-state index is 0.0344. The van der Waals surface area contributed by atoms with Crippen molar-refractivity contribution in [2.75, 3.05) is 13.7 Å². The molecule has 0 saturated heterocycles. The molecule has 1 aliphatic rings. The Morgan fingerprint density at radius 2 is 1.97 bits per heavy atom. The van der Waals surface area contributed by atoms with E-state index in [1.807, 2.05) is 44.4 Å². The maximum atomic E-state index is 13.6. The average molecular weight is 533 g/mol. The summed E-state index contributed by atoms with van der Waals surface area (Å²) in [5.74, 6) is 0.436. The highest BCUT2D eigenvalue weighted by Crippen LogP contribution is 2.35. The minimum Gasteiger partial charge on any atom is -0.495 e. The number of benzene rings is 2. The highest BCUT2D eigenvalue weighted by Gasteiger charge is 2.25. The number of Topliss-reactive ketones (excluding diaryl/α,β-unsaturated/α-hetero) is 1. The summed E-state index contributed by atoms with van der Waals surface area (Å²) in [6.45, 7) is 2.51. The second kappa shape index (κ2) is 10.8. The lowest BCUT2D eigenvalue weighted by Gasteiger charge is -2.21. The zero-order valence-electron chi connectivity index (χ0n) is 21.6. The summed E-state index contributed by atoms with van der Waals surface area (Å²) < 4.78 is 8.98. The Balaban J connectivity index is 1.52. The molecule has 2 aromatic heterocycles. The molecule has 0 bridgehead atoms. The number of hydrogen-bond donors (Lipinski definition) is 0. The second-order valence-electron chi connectivity index (χ2n) is 9.46. The molecule has 0 N–H and O–H groups in total. The molecule has 0 amide bonds. The molecule has 4 aromatic rings. The molecule has 1 atom stereocenters. The van der Waals surface area contributed by atoms with E-state index >= 15 is 0 Å². The standard InChI is InChI=1S/C29H29ClN4O4/c1-4-5-26(27(35)13-18-6-9-24-19(12-18)16-33(2)31-24)34-17-28(37-3)23(15-29(34)36)22-14-20(30)7-8-21(22)25-10-11-38-32-25/h6-9,12,14-17,26H,4-5,10-11,13H2,1-3H3. The number of aryl methyl sites for hydroxylation is 1. The van der Waals surface area contributed by atoms with Crippen molar-refractivity contribution in [3.63, 3.8) is 0 Å². The Labute approximate surface area is 225 Å². The van der Waals surface area contributed by atoms with Gasteiger partial charge in [-0.3, -0.25) is 14.3 Å². The number of carbonyl (C=O) groups excluding carboxylic acids is 1. The van der Waals surface area contributed by atoms with Gasteiger partial charge in [0.1, 0.15) is 12.4 Å². The molecule has 0 fully saturated rings. The molecule has 8 nitrogen and oxygen atoms in total. The van der Waals surface area contributed by atoms with E-state index in [-0.39, 0.29) is 17.8 Å². The van der Waals surface area contributed by atoms with E-state index in [4.69, 9.17) is 21.2 Å². The number of halogens is 1. The molecule has 196 valence electrons. The summed E-state index contributed by atoms with van der Waals surface area (Å²) in [6.07, 6.45) is 5.71. The highest BCUT2D eigenvalue weighted by atomic mass is 35.5. The van der Waals surface area contributed by atoms with E-state index in [0.29, 0.717) is 35.8 Å². The van der Waals surface area contributed by atoms with Crippen LogP contribution in [-0.4, -0.2) is 39.6 Å². The van der Waals surface area contributed by atoms with E-state index in [2.05, 4.69) is 10.3 Å². The molecule has 5 rings (SSSR count). The average Bonchev–Trinajstić information content (AvgIpc) is 3.56. The number of ketones is 1. The van der Waals surface area contributed by atoms with Gasteiger partial charge >= 0.3 is 0 Å². The molecule has 38 heavy (non-hydrogen) atoms. The molecule has 2 aromatic carbocycles. The predicted molar refractivity (Wildman–Crippen MR) is 148 cm³/mol.